The Kier molecular flexibility index (Phi) is 3.89. The summed E-state index contributed by atoms with van der Waals surface area (Å²) in [6.45, 7) is 0. The van der Waals surface area contributed by atoms with Crippen molar-refractivity contribution in [2.45, 2.75) is 0 Å². The van der Waals surface area contributed by atoms with Crippen LogP contribution in [-0.2, 0) is 4.74 Å². The molecule has 110 valence electrons. The van der Waals surface area contributed by atoms with Crippen molar-refractivity contribution in [3.05, 3.63) is 64.4 Å². The van der Waals surface area contributed by atoms with Gasteiger partial charge in [-0.05, 0) is 35.0 Å². The van der Waals surface area contributed by atoms with E-state index >= 15 is 0 Å². The molecule has 0 bridgehead atoms. The highest BCUT2D eigenvalue weighted by molar-refractivity contribution is 7.15. The van der Waals surface area contributed by atoms with Crippen LogP contribution in [0.3, 0.4) is 0 Å². The maximum atomic E-state index is 12.1. The van der Waals surface area contributed by atoms with Crippen molar-refractivity contribution in [1.82, 2.24) is 0 Å². The molecule has 0 amide bonds. The molecule has 0 aliphatic heterocycles. The third-order valence-electron chi connectivity index (χ3n) is 3.13. The Morgan fingerprint density at radius 1 is 0.864 bits per heavy atom. The summed E-state index contributed by atoms with van der Waals surface area (Å²) in [7, 11) is 1.30. The zero-order chi connectivity index (χ0) is 15.5. The van der Waals surface area contributed by atoms with Crippen molar-refractivity contribution in [3.63, 3.8) is 0 Å². The molecule has 5 heteroatoms. The van der Waals surface area contributed by atoms with E-state index in [1.54, 1.807) is 18.2 Å². The predicted octanol–water partition coefficient (Wildman–Crippen LogP) is 3.91. The monoisotopic (exact) mass is 312 g/mol. The van der Waals surface area contributed by atoms with Gasteiger partial charge >= 0.3 is 11.9 Å². The molecular weight excluding hydrogens is 300 g/mol. The molecular formula is C17H12O4S. The van der Waals surface area contributed by atoms with Crippen molar-refractivity contribution in [3.8, 4) is 5.75 Å². The zero-order valence-corrected chi connectivity index (χ0v) is 12.6. The van der Waals surface area contributed by atoms with Gasteiger partial charge in [0, 0.05) is 0 Å². The molecule has 2 aromatic carbocycles. The molecule has 1 aromatic heterocycles. The van der Waals surface area contributed by atoms with E-state index in [1.807, 2.05) is 36.4 Å². The first-order chi connectivity index (χ1) is 10.7. The van der Waals surface area contributed by atoms with E-state index < -0.39 is 11.9 Å². The van der Waals surface area contributed by atoms with Gasteiger partial charge in [0.05, 0.1) is 7.11 Å². The smallest absolute Gasteiger partial charge is 0.353 e. The Balaban J connectivity index is 1.80. The number of hydrogen-bond donors (Lipinski definition) is 0. The van der Waals surface area contributed by atoms with Gasteiger partial charge in [-0.25, -0.2) is 9.59 Å². The normalized spacial score (nSPS) is 10.4. The topological polar surface area (TPSA) is 52.6 Å². The largest absolute Gasteiger partial charge is 0.465 e. The first-order valence-corrected chi connectivity index (χ1v) is 7.38. The summed E-state index contributed by atoms with van der Waals surface area (Å²) in [4.78, 5) is 24.2. The Morgan fingerprint density at radius 2 is 1.55 bits per heavy atom. The fourth-order valence-electron chi connectivity index (χ4n) is 2.05. The first-order valence-electron chi connectivity index (χ1n) is 6.56. The van der Waals surface area contributed by atoms with Crippen LogP contribution >= 0.6 is 11.3 Å². The van der Waals surface area contributed by atoms with Gasteiger partial charge in [-0.2, -0.15) is 0 Å². The summed E-state index contributed by atoms with van der Waals surface area (Å²) < 4.78 is 9.97. The van der Waals surface area contributed by atoms with Gasteiger partial charge in [-0.1, -0.05) is 30.3 Å². The highest BCUT2D eigenvalue weighted by Gasteiger charge is 2.15. The lowest BCUT2D eigenvalue weighted by atomic mass is 10.1. The van der Waals surface area contributed by atoms with Crippen LogP contribution in [0.1, 0.15) is 19.3 Å². The lowest BCUT2D eigenvalue weighted by Crippen LogP contribution is -2.06. The Morgan fingerprint density at radius 3 is 2.27 bits per heavy atom. The molecule has 22 heavy (non-hydrogen) atoms. The van der Waals surface area contributed by atoms with E-state index in [-0.39, 0.29) is 0 Å². The van der Waals surface area contributed by atoms with Crippen LogP contribution < -0.4 is 4.74 Å². The van der Waals surface area contributed by atoms with E-state index in [9.17, 15) is 9.59 Å². The molecule has 0 unspecified atom stereocenters. The van der Waals surface area contributed by atoms with E-state index in [0.717, 1.165) is 22.1 Å². The number of fused-ring (bicyclic) bond motifs is 1. The van der Waals surface area contributed by atoms with Gasteiger partial charge < -0.3 is 9.47 Å². The minimum atomic E-state index is -0.490. The molecule has 1 heterocycles. The molecule has 3 aromatic rings. The molecule has 0 fully saturated rings. The second-order valence-electron chi connectivity index (χ2n) is 4.55. The predicted molar refractivity (Wildman–Crippen MR) is 84.6 cm³/mol. The van der Waals surface area contributed by atoms with E-state index in [1.165, 1.54) is 7.11 Å². The van der Waals surface area contributed by atoms with Crippen LogP contribution in [0.2, 0.25) is 0 Å². The zero-order valence-electron chi connectivity index (χ0n) is 11.7. The molecule has 0 radical (unpaired) electrons. The number of esters is 2. The average Bonchev–Trinajstić information content (AvgIpc) is 3.04. The number of benzene rings is 2. The van der Waals surface area contributed by atoms with Crippen LogP contribution in [0.5, 0.6) is 5.75 Å². The number of carbonyl (C=O) groups excluding carboxylic acids is 2. The Bertz CT molecular complexity index is 850. The molecule has 0 saturated carbocycles. The van der Waals surface area contributed by atoms with Crippen LogP contribution in [-0.4, -0.2) is 19.0 Å². The van der Waals surface area contributed by atoms with Crippen LogP contribution in [0.15, 0.2) is 54.6 Å². The quantitative estimate of drug-likeness (QED) is 0.543. The minimum absolute atomic E-state index is 0.355. The van der Waals surface area contributed by atoms with E-state index in [0.29, 0.717) is 15.5 Å². The number of thiophene rings is 1. The molecule has 0 N–H and O–H groups in total. The number of hydrogen-bond acceptors (Lipinski definition) is 5. The summed E-state index contributed by atoms with van der Waals surface area (Å²) in [6, 6.07) is 16.4. The number of rotatable bonds is 3. The molecule has 0 atom stereocenters. The van der Waals surface area contributed by atoms with Crippen LogP contribution in [0.4, 0.5) is 0 Å². The van der Waals surface area contributed by atoms with Crippen molar-refractivity contribution < 1.29 is 19.1 Å². The van der Waals surface area contributed by atoms with Crippen LogP contribution in [0, 0.1) is 0 Å². The summed E-state index contributed by atoms with van der Waals surface area (Å²) in [5.74, 6) is -0.484. The molecule has 0 aliphatic rings. The highest BCUT2D eigenvalue weighted by atomic mass is 32.1. The number of carbonyl (C=O) groups is 2. The standard InChI is InChI=1S/C17H12O4S/c1-20-16(18)14-8-9-15(22-14)17(19)21-13-7-6-11-4-2-3-5-12(11)10-13/h2-10H,1H3. The fourth-order valence-corrected chi connectivity index (χ4v) is 2.85. The summed E-state index contributed by atoms with van der Waals surface area (Å²) >= 11 is 1.05. The van der Waals surface area contributed by atoms with Crippen molar-refractivity contribution in [2.24, 2.45) is 0 Å². The summed E-state index contributed by atoms with van der Waals surface area (Å²) in [5, 5.41) is 2.07. The van der Waals surface area contributed by atoms with Crippen molar-refractivity contribution >= 4 is 34.0 Å². The average molecular weight is 312 g/mol. The summed E-state index contributed by atoms with van der Waals surface area (Å²) in [5.41, 5.74) is 0. The minimum Gasteiger partial charge on any atom is -0.465 e. The van der Waals surface area contributed by atoms with Gasteiger partial charge in [-0.3, -0.25) is 0 Å². The third-order valence-corrected chi connectivity index (χ3v) is 4.17. The number of ether oxygens (including phenoxy) is 2. The van der Waals surface area contributed by atoms with Gasteiger partial charge in [0.25, 0.3) is 0 Å². The van der Waals surface area contributed by atoms with Gasteiger partial charge in [-0.15, -0.1) is 11.3 Å². The highest BCUT2D eigenvalue weighted by Crippen LogP contribution is 2.23. The Hall–Kier alpha value is -2.66. The second kappa shape index (κ2) is 5.99. The maximum absolute atomic E-state index is 12.1. The SMILES string of the molecule is COC(=O)c1ccc(C(=O)Oc2ccc3ccccc3c2)s1. The number of methoxy groups -OCH3 is 1. The fraction of sp³-hybridized carbons (Fsp3) is 0.0588. The van der Waals surface area contributed by atoms with Crippen LogP contribution in [0.25, 0.3) is 10.8 Å². The molecule has 4 nitrogen and oxygen atoms in total. The lowest BCUT2D eigenvalue weighted by Gasteiger charge is -2.04. The molecule has 0 saturated heterocycles. The molecule has 3 rings (SSSR count). The van der Waals surface area contributed by atoms with E-state index in [4.69, 9.17) is 4.74 Å². The summed E-state index contributed by atoms with van der Waals surface area (Å²) in [6.07, 6.45) is 0. The molecule has 0 spiro atoms. The second-order valence-corrected chi connectivity index (χ2v) is 5.64. The third kappa shape index (κ3) is 2.84. The van der Waals surface area contributed by atoms with Crippen molar-refractivity contribution in [2.75, 3.05) is 7.11 Å². The van der Waals surface area contributed by atoms with Crippen molar-refractivity contribution in [1.29, 1.82) is 0 Å². The Labute approximate surface area is 130 Å². The van der Waals surface area contributed by atoms with E-state index in [2.05, 4.69) is 4.74 Å². The lowest BCUT2D eigenvalue weighted by molar-refractivity contribution is 0.0606. The molecule has 0 aliphatic carbocycles. The van der Waals surface area contributed by atoms with Gasteiger partial charge in [0.15, 0.2) is 0 Å². The van der Waals surface area contributed by atoms with Gasteiger partial charge in [0.1, 0.15) is 15.5 Å². The van der Waals surface area contributed by atoms with Gasteiger partial charge in [0.2, 0.25) is 0 Å². The first kappa shape index (κ1) is 14.3. The maximum Gasteiger partial charge on any atom is 0.353 e.